The highest BCUT2D eigenvalue weighted by Crippen LogP contribution is 2.35. The average Bonchev–Trinajstić information content (AvgIpc) is 3.25. The first kappa shape index (κ1) is 12.6. The van der Waals surface area contributed by atoms with Gasteiger partial charge in [-0.2, -0.15) is 0 Å². The van der Waals surface area contributed by atoms with Gasteiger partial charge in [-0.1, -0.05) is 52.3 Å². The van der Waals surface area contributed by atoms with E-state index in [0.717, 1.165) is 10.2 Å². The molecule has 1 aliphatic rings. The molecule has 1 saturated carbocycles. The lowest BCUT2D eigenvalue weighted by Gasteiger charge is -2.06. The molecule has 1 nitrogen and oxygen atoms in total. The molecule has 1 aliphatic carbocycles. The lowest BCUT2D eigenvalue weighted by atomic mass is 10.1. The van der Waals surface area contributed by atoms with Crippen LogP contribution in [0.15, 0.2) is 58.0 Å². The quantitative estimate of drug-likeness (QED) is 0.683. The molecular weight excluding hydrogens is 298 g/mol. The minimum Gasteiger partial charge on any atom is -0.253 e. The van der Waals surface area contributed by atoms with E-state index in [1.807, 2.05) is 0 Å². The van der Waals surface area contributed by atoms with Crippen LogP contribution in [0.5, 0.6) is 0 Å². The number of hydrogen-bond donors (Lipinski definition) is 0. The van der Waals surface area contributed by atoms with Crippen LogP contribution in [0.3, 0.4) is 0 Å². The summed E-state index contributed by atoms with van der Waals surface area (Å²) in [5.74, 6) is 0.641. The monoisotopic (exact) mass is 313 g/mol. The van der Waals surface area contributed by atoms with E-state index in [2.05, 4.69) is 71.4 Å². The van der Waals surface area contributed by atoms with Crippen LogP contribution in [0.1, 0.15) is 24.0 Å². The third-order valence-corrected chi connectivity index (χ3v) is 4.29. The fourth-order valence-electron chi connectivity index (χ4n) is 2.15. The van der Waals surface area contributed by atoms with E-state index in [4.69, 9.17) is 4.99 Å². The van der Waals surface area contributed by atoms with Gasteiger partial charge < -0.3 is 0 Å². The third kappa shape index (κ3) is 2.95. The van der Waals surface area contributed by atoms with E-state index >= 15 is 0 Å². The van der Waals surface area contributed by atoms with E-state index in [9.17, 15) is 0 Å². The molecule has 96 valence electrons. The maximum absolute atomic E-state index is 4.88. The van der Waals surface area contributed by atoms with Crippen LogP contribution < -0.4 is 0 Å². The second-order valence-electron chi connectivity index (χ2n) is 5.07. The van der Waals surface area contributed by atoms with Crippen molar-refractivity contribution in [3.63, 3.8) is 0 Å². The molecule has 0 bridgehead atoms. The number of hydrogen-bond acceptors (Lipinski definition) is 1. The largest absolute Gasteiger partial charge is 0.253 e. The molecule has 0 atom stereocenters. The number of aliphatic imine (C=N–C) groups is 1. The summed E-state index contributed by atoms with van der Waals surface area (Å²) in [5.41, 5.74) is 4.76. The van der Waals surface area contributed by atoms with Gasteiger partial charge in [0.25, 0.3) is 0 Å². The molecular formula is C17H16BrN. The van der Waals surface area contributed by atoms with Crippen molar-refractivity contribution in [2.75, 3.05) is 0 Å². The van der Waals surface area contributed by atoms with E-state index in [1.54, 1.807) is 0 Å². The Balaban J connectivity index is 2.00. The first-order valence-corrected chi connectivity index (χ1v) is 7.43. The van der Waals surface area contributed by atoms with E-state index in [1.165, 1.54) is 29.7 Å². The molecule has 0 N–H and O–H groups in total. The summed E-state index contributed by atoms with van der Waals surface area (Å²) in [6.45, 7) is 2.09. The van der Waals surface area contributed by atoms with E-state index in [-0.39, 0.29) is 0 Å². The van der Waals surface area contributed by atoms with Crippen molar-refractivity contribution in [3.05, 3.63) is 64.1 Å². The van der Waals surface area contributed by atoms with E-state index < -0.39 is 0 Å². The second-order valence-corrected chi connectivity index (χ2v) is 5.93. The number of nitrogens with zero attached hydrogens (tertiary/aromatic N) is 1. The van der Waals surface area contributed by atoms with Crippen LogP contribution in [0.4, 0.5) is 5.69 Å². The Morgan fingerprint density at radius 3 is 2.47 bits per heavy atom. The molecule has 0 amide bonds. The zero-order valence-corrected chi connectivity index (χ0v) is 12.5. The molecule has 0 aliphatic heterocycles. The van der Waals surface area contributed by atoms with Gasteiger partial charge in [0, 0.05) is 10.4 Å². The van der Waals surface area contributed by atoms with Crippen LogP contribution in [0, 0.1) is 12.8 Å². The Hall–Kier alpha value is -1.41. The molecule has 0 saturated heterocycles. The van der Waals surface area contributed by atoms with Crippen LogP contribution >= 0.6 is 15.9 Å². The SMILES string of the molecule is Cc1ccc(N=C(c2ccccc2)C2CC2)cc1Br. The predicted molar refractivity (Wildman–Crippen MR) is 84.2 cm³/mol. The molecule has 2 aromatic rings. The van der Waals surface area contributed by atoms with Gasteiger partial charge in [0.1, 0.15) is 0 Å². The first-order chi connectivity index (χ1) is 9.24. The fourth-order valence-corrected chi connectivity index (χ4v) is 2.51. The normalized spacial score (nSPS) is 15.6. The zero-order valence-electron chi connectivity index (χ0n) is 10.9. The van der Waals surface area contributed by atoms with Crippen LogP contribution in [0.25, 0.3) is 0 Å². The van der Waals surface area contributed by atoms with Crippen molar-refractivity contribution < 1.29 is 0 Å². The van der Waals surface area contributed by atoms with E-state index in [0.29, 0.717) is 5.92 Å². The topological polar surface area (TPSA) is 12.4 Å². The van der Waals surface area contributed by atoms with Crippen LogP contribution in [-0.4, -0.2) is 5.71 Å². The number of benzene rings is 2. The summed E-state index contributed by atoms with van der Waals surface area (Å²) < 4.78 is 1.12. The molecule has 1 fully saturated rings. The van der Waals surface area contributed by atoms with Gasteiger partial charge in [0.05, 0.1) is 11.4 Å². The lowest BCUT2D eigenvalue weighted by Crippen LogP contribution is -2.02. The minimum atomic E-state index is 0.641. The van der Waals surface area contributed by atoms with Crippen molar-refractivity contribution in [1.82, 2.24) is 0 Å². The second kappa shape index (κ2) is 5.30. The highest BCUT2D eigenvalue weighted by atomic mass is 79.9. The summed E-state index contributed by atoms with van der Waals surface area (Å²) in [6, 6.07) is 16.8. The Morgan fingerprint density at radius 2 is 1.84 bits per heavy atom. The number of aryl methyl sites for hydroxylation is 1. The molecule has 19 heavy (non-hydrogen) atoms. The Bertz CT molecular complexity index is 612. The van der Waals surface area contributed by atoms with Crippen LogP contribution in [-0.2, 0) is 0 Å². The highest BCUT2D eigenvalue weighted by Gasteiger charge is 2.28. The Labute approximate surface area is 122 Å². The molecule has 3 rings (SSSR count). The average molecular weight is 314 g/mol. The molecule has 0 radical (unpaired) electrons. The van der Waals surface area contributed by atoms with Gasteiger partial charge >= 0.3 is 0 Å². The van der Waals surface area contributed by atoms with Crippen molar-refractivity contribution in [2.45, 2.75) is 19.8 Å². The standard InChI is InChI=1S/C17H16BrN/c1-12-7-10-15(11-16(12)18)19-17(14-8-9-14)13-5-3-2-4-6-13/h2-7,10-11,14H,8-9H2,1H3. The smallest absolute Gasteiger partial charge is 0.0644 e. The van der Waals surface area contributed by atoms with Crippen molar-refractivity contribution >= 4 is 27.3 Å². The van der Waals surface area contributed by atoms with Gasteiger partial charge in [0.15, 0.2) is 0 Å². The summed E-state index contributed by atoms with van der Waals surface area (Å²) in [5, 5.41) is 0. The predicted octanol–water partition coefficient (Wildman–Crippen LogP) is 5.29. The maximum Gasteiger partial charge on any atom is 0.0644 e. The summed E-state index contributed by atoms with van der Waals surface area (Å²) in [6.07, 6.45) is 2.53. The summed E-state index contributed by atoms with van der Waals surface area (Å²) >= 11 is 3.58. The summed E-state index contributed by atoms with van der Waals surface area (Å²) in [4.78, 5) is 4.88. The number of rotatable bonds is 3. The third-order valence-electron chi connectivity index (χ3n) is 3.44. The Kier molecular flexibility index (Phi) is 3.52. The van der Waals surface area contributed by atoms with Gasteiger partial charge in [-0.3, -0.25) is 4.99 Å². The lowest BCUT2D eigenvalue weighted by molar-refractivity contribution is 1.18. The molecule has 0 spiro atoms. The van der Waals surface area contributed by atoms with Gasteiger partial charge in [-0.15, -0.1) is 0 Å². The van der Waals surface area contributed by atoms with Crippen molar-refractivity contribution in [3.8, 4) is 0 Å². The molecule has 0 heterocycles. The van der Waals surface area contributed by atoms with Crippen LogP contribution in [0.2, 0.25) is 0 Å². The van der Waals surface area contributed by atoms with Gasteiger partial charge in [-0.25, -0.2) is 0 Å². The zero-order chi connectivity index (χ0) is 13.2. The minimum absolute atomic E-state index is 0.641. The Morgan fingerprint density at radius 1 is 1.11 bits per heavy atom. The van der Waals surface area contributed by atoms with Crippen molar-refractivity contribution in [1.29, 1.82) is 0 Å². The van der Waals surface area contributed by atoms with Gasteiger partial charge in [0.2, 0.25) is 0 Å². The molecule has 2 heteroatoms. The maximum atomic E-state index is 4.88. The molecule has 2 aromatic carbocycles. The summed E-state index contributed by atoms with van der Waals surface area (Å²) in [7, 11) is 0. The number of halogens is 1. The fraction of sp³-hybridized carbons (Fsp3) is 0.235. The van der Waals surface area contributed by atoms with Crippen molar-refractivity contribution in [2.24, 2.45) is 10.9 Å². The molecule has 0 aromatic heterocycles. The highest BCUT2D eigenvalue weighted by molar-refractivity contribution is 9.10. The first-order valence-electron chi connectivity index (χ1n) is 6.64. The molecule has 0 unspecified atom stereocenters. The van der Waals surface area contributed by atoms with Gasteiger partial charge in [-0.05, 0) is 43.0 Å².